The second-order valence-corrected chi connectivity index (χ2v) is 13.4. The van der Waals surface area contributed by atoms with E-state index in [1.54, 1.807) is 59.8 Å². The van der Waals surface area contributed by atoms with Crippen molar-refractivity contribution < 1.29 is 43.1 Å². The van der Waals surface area contributed by atoms with Crippen LogP contribution in [0.3, 0.4) is 0 Å². The molecule has 0 aromatic heterocycles. The first-order valence-corrected chi connectivity index (χ1v) is 15.5. The maximum atomic E-state index is 13.7. The lowest BCUT2D eigenvalue weighted by molar-refractivity contribution is -0.414. The minimum atomic E-state index is -1.39. The Morgan fingerprint density at radius 3 is 2.44 bits per heavy atom. The van der Waals surface area contributed by atoms with Crippen LogP contribution in [0.4, 0.5) is 0 Å². The smallest absolute Gasteiger partial charge is 0.338 e. The normalized spacial score (nSPS) is 45.8. The third-order valence-electron chi connectivity index (χ3n) is 12.1. The number of methoxy groups -OCH3 is 5. The summed E-state index contributed by atoms with van der Waals surface area (Å²) in [7, 11) is 8.54. The summed E-state index contributed by atoms with van der Waals surface area (Å²) >= 11 is 0. The quantitative estimate of drug-likeness (QED) is 0.337. The number of carbonyl (C=O) groups excluding carboxylic acids is 1. The summed E-state index contributed by atoms with van der Waals surface area (Å²) in [6, 6.07) is 6.85. The molecule has 10 heteroatoms. The fraction of sp³-hybridized carbons (Fsp3) is 0.727. The van der Waals surface area contributed by atoms with Gasteiger partial charge in [-0.2, -0.15) is 0 Å². The van der Waals surface area contributed by atoms with E-state index in [4.69, 9.17) is 33.2 Å². The summed E-state index contributed by atoms with van der Waals surface area (Å²) in [5.74, 6) is -0.192. The fourth-order valence-electron chi connectivity index (χ4n) is 10.7. The topological polar surface area (TPSA) is 105 Å². The van der Waals surface area contributed by atoms with Crippen molar-refractivity contribution >= 4 is 5.97 Å². The SMILES string of the molecule is CCN1C[C@]2(COC)C3C[C@H](OC)[C@]4(C1O3)C2[C@@H](OC)C=C1C[C@H](OC)[C@@]2(O)C[C@@H]4[C@@H]1[C@H]2OC(=O)c1ccc(OC)cc1. The molecule has 1 spiro atoms. The van der Waals surface area contributed by atoms with Gasteiger partial charge in [-0.05, 0) is 49.6 Å². The molecule has 43 heavy (non-hydrogen) atoms. The number of rotatable bonds is 9. The molecule has 1 aromatic rings. The van der Waals surface area contributed by atoms with Crippen molar-refractivity contribution in [1.82, 2.24) is 4.90 Å². The first-order valence-electron chi connectivity index (χ1n) is 15.5. The summed E-state index contributed by atoms with van der Waals surface area (Å²) in [6.07, 6.45) is 1.91. The molecule has 3 saturated carbocycles. The second kappa shape index (κ2) is 10.5. The Morgan fingerprint density at radius 2 is 1.81 bits per heavy atom. The summed E-state index contributed by atoms with van der Waals surface area (Å²) < 4.78 is 43.5. The van der Waals surface area contributed by atoms with Crippen LogP contribution in [-0.4, -0.2) is 114 Å². The van der Waals surface area contributed by atoms with Crippen LogP contribution in [0.15, 0.2) is 35.9 Å². The number of hydrogen-bond donors (Lipinski definition) is 1. The molecule has 0 radical (unpaired) electrons. The van der Waals surface area contributed by atoms with Gasteiger partial charge in [0.1, 0.15) is 23.7 Å². The van der Waals surface area contributed by atoms with Crippen molar-refractivity contribution in [1.29, 1.82) is 0 Å². The number of benzene rings is 1. The minimum Gasteiger partial charge on any atom is -0.497 e. The highest BCUT2D eigenvalue weighted by Gasteiger charge is 2.82. The Bertz CT molecular complexity index is 1270. The standard InChI is InChI=1S/C33H45NO9/c1-7-34-16-31(17-37-2)23-14-25(41-6)33(30(34)42-23)21-15-32(36)24(40-5)13-19(12-22(39-4)27(31)33)26(21)28(32)43-29(35)18-8-10-20(38-3)11-9-18/h8-12,21-28,30,36H,7,13-17H2,1-6H3/t21-,22+,23?,24+,25+,26-,27?,28-,30?,31+,32+,33+/m1/s1. The number of aliphatic hydroxyl groups is 1. The van der Waals surface area contributed by atoms with Crippen molar-refractivity contribution in [2.45, 2.75) is 68.5 Å². The summed E-state index contributed by atoms with van der Waals surface area (Å²) in [5.41, 5.74) is -0.771. The average Bonchev–Trinajstić information content (AvgIpc) is 3.17. The van der Waals surface area contributed by atoms with Gasteiger partial charge in [-0.15, -0.1) is 0 Å². The molecule has 4 aliphatic carbocycles. The van der Waals surface area contributed by atoms with E-state index >= 15 is 0 Å². The minimum absolute atomic E-state index is 0.0135. The Hall–Kier alpha value is -2.05. The predicted molar refractivity (Wildman–Crippen MR) is 155 cm³/mol. The van der Waals surface area contributed by atoms with Crippen molar-refractivity contribution in [3.63, 3.8) is 0 Å². The van der Waals surface area contributed by atoms with Crippen LogP contribution in [0.2, 0.25) is 0 Å². The van der Waals surface area contributed by atoms with Gasteiger partial charge in [-0.3, -0.25) is 4.90 Å². The summed E-state index contributed by atoms with van der Waals surface area (Å²) in [4.78, 5) is 16.1. The van der Waals surface area contributed by atoms with Gasteiger partial charge in [0.2, 0.25) is 0 Å². The summed E-state index contributed by atoms with van der Waals surface area (Å²) in [6.45, 7) is 4.35. The zero-order chi connectivity index (χ0) is 30.3. The molecular formula is C33H45NO9. The number of fused-ring (bicyclic) bond motifs is 3. The number of carbonyl (C=O) groups is 1. The van der Waals surface area contributed by atoms with E-state index in [0.717, 1.165) is 25.1 Å². The van der Waals surface area contributed by atoms with Gasteiger partial charge in [0.15, 0.2) is 0 Å². The van der Waals surface area contributed by atoms with Crippen molar-refractivity contribution in [3.8, 4) is 5.75 Å². The van der Waals surface area contributed by atoms with Gasteiger partial charge in [0.25, 0.3) is 0 Å². The molecule has 6 bridgehead atoms. The maximum absolute atomic E-state index is 13.7. The molecule has 12 atom stereocenters. The highest BCUT2D eigenvalue weighted by atomic mass is 16.6. The highest BCUT2D eigenvalue weighted by Crippen LogP contribution is 2.74. The van der Waals surface area contributed by atoms with Crippen molar-refractivity contribution in [2.75, 3.05) is 55.2 Å². The molecule has 7 fully saturated rings. The van der Waals surface area contributed by atoms with Crippen LogP contribution in [0.5, 0.6) is 5.75 Å². The van der Waals surface area contributed by atoms with Crippen LogP contribution < -0.4 is 4.74 Å². The molecular weight excluding hydrogens is 554 g/mol. The van der Waals surface area contributed by atoms with Gasteiger partial charge < -0.3 is 38.3 Å². The van der Waals surface area contributed by atoms with Crippen LogP contribution in [0.25, 0.3) is 0 Å². The molecule has 4 saturated heterocycles. The van der Waals surface area contributed by atoms with E-state index in [9.17, 15) is 9.90 Å². The number of hydrogen-bond acceptors (Lipinski definition) is 10. The second-order valence-electron chi connectivity index (χ2n) is 13.4. The maximum Gasteiger partial charge on any atom is 0.338 e. The number of ether oxygens (including phenoxy) is 7. The zero-order valence-corrected chi connectivity index (χ0v) is 26.0. The van der Waals surface area contributed by atoms with Gasteiger partial charge in [-0.25, -0.2) is 4.79 Å². The van der Waals surface area contributed by atoms with Crippen LogP contribution in [-0.2, 0) is 28.4 Å². The molecule has 1 N–H and O–H groups in total. The van der Waals surface area contributed by atoms with Gasteiger partial charge in [0.05, 0.1) is 43.7 Å². The number of esters is 1. The van der Waals surface area contributed by atoms with Crippen LogP contribution >= 0.6 is 0 Å². The number of piperidine rings is 1. The monoisotopic (exact) mass is 599 g/mol. The Labute approximate surface area is 253 Å². The molecule has 236 valence electrons. The first-order chi connectivity index (χ1) is 20.8. The van der Waals surface area contributed by atoms with Crippen molar-refractivity contribution in [3.05, 3.63) is 41.5 Å². The number of nitrogens with zero attached hydrogens (tertiary/aromatic N) is 1. The van der Waals surface area contributed by atoms with E-state index in [2.05, 4.69) is 17.9 Å². The van der Waals surface area contributed by atoms with Crippen LogP contribution in [0.1, 0.15) is 36.5 Å². The van der Waals surface area contributed by atoms with Crippen LogP contribution in [0, 0.1) is 28.6 Å². The molecule has 3 unspecified atom stereocenters. The third kappa shape index (κ3) is 3.74. The lowest BCUT2D eigenvalue weighted by Crippen LogP contribution is -2.84. The Kier molecular flexibility index (Phi) is 7.24. The fourth-order valence-corrected chi connectivity index (χ4v) is 10.7. The molecule has 0 amide bonds. The molecule has 1 aromatic carbocycles. The zero-order valence-electron chi connectivity index (χ0n) is 26.0. The van der Waals surface area contributed by atoms with Gasteiger partial charge >= 0.3 is 5.97 Å². The van der Waals surface area contributed by atoms with E-state index in [1.165, 1.54) is 0 Å². The van der Waals surface area contributed by atoms with E-state index < -0.39 is 29.2 Å². The Morgan fingerprint density at radius 1 is 1.07 bits per heavy atom. The Balaban J connectivity index is 1.40. The molecule has 9 rings (SSSR count). The highest BCUT2D eigenvalue weighted by molar-refractivity contribution is 5.89. The third-order valence-corrected chi connectivity index (χ3v) is 12.1. The van der Waals surface area contributed by atoms with Gasteiger partial charge in [0, 0.05) is 64.1 Å². The molecule has 10 nitrogen and oxygen atoms in total. The lowest BCUT2D eigenvalue weighted by Gasteiger charge is -2.75. The van der Waals surface area contributed by atoms with Crippen molar-refractivity contribution in [2.24, 2.45) is 28.6 Å². The largest absolute Gasteiger partial charge is 0.497 e. The predicted octanol–water partition coefficient (Wildman–Crippen LogP) is 2.68. The molecule has 4 aliphatic heterocycles. The van der Waals surface area contributed by atoms with E-state index in [-0.39, 0.29) is 47.7 Å². The first kappa shape index (κ1) is 29.6. The van der Waals surface area contributed by atoms with E-state index in [0.29, 0.717) is 30.8 Å². The molecule has 8 aliphatic rings. The summed E-state index contributed by atoms with van der Waals surface area (Å²) in [5, 5.41) is 12.6. The van der Waals surface area contributed by atoms with Gasteiger partial charge in [-0.1, -0.05) is 18.6 Å². The molecule has 4 heterocycles. The average molecular weight is 600 g/mol. The lowest BCUT2D eigenvalue weighted by atomic mass is 9.42. The van der Waals surface area contributed by atoms with E-state index in [1.807, 2.05) is 0 Å².